The van der Waals surface area contributed by atoms with E-state index < -0.39 is 5.54 Å². The predicted octanol–water partition coefficient (Wildman–Crippen LogP) is 1.39. The summed E-state index contributed by atoms with van der Waals surface area (Å²) in [5, 5.41) is 5.87. The minimum Gasteiger partial charge on any atom is -0.351 e. The van der Waals surface area contributed by atoms with Gasteiger partial charge in [0, 0.05) is 38.0 Å². The third-order valence-corrected chi connectivity index (χ3v) is 6.15. The molecule has 3 rings (SSSR count). The Bertz CT molecular complexity index is 642. The number of hydrogen-bond acceptors (Lipinski definition) is 4. The Hall–Kier alpha value is -2.12. The maximum absolute atomic E-state index is 12.8. The van der Waals surface area contributed by atoms with Gasteiger partial charge in [0.2, 0.25) is 11.8 Å². The zero-order chi connectivity index (χ0) is 20.3. The van der Waals surface area contributed by atoms with Crippen LogP contribution in [-0.4, -0.2) is 64.8 Å². The van der Waals surface area contributed by atoms with Crippen LogP contribution in [0.15, 0.2) is 0 Å². The van der Waals surface area contributed by atoms with Gasteiger partial charge < -0.3 is 15.5 Å². The van der Waals surface area contributed by atoms with Crippen molar-refractivity contribution in [2.24, 2.45) is 5.92 Å². The summed E-state index contributed by atoms with van der Waals surface area (Å²) < 4.78 is 0. The normalized spacial score (nSPS) is 24.6. The Morgan fingerprint density at radius 3 is 2.57 bits per heavy atom. The Kier molecular flexibility index (Phi) is 6.25. The smallest absolute Gasteiger partial charge is 0.325 e. The number of piperidine rings is 1. The molecule has 1 unspecified atom stereocenters. The van der Waals surface area contributed by atoms with Crippen LogP contribution in [0.1, 0.15) is 65.2 Å². The second-order valence-corrected chi connectivity index (χ2v) is 8.62. The first-order chi connectivity index (χ1) is 13.3. The number of rotatable bonds is 5. The number of nitrogens with zero attached hydrogens (tertiary/aromatic N) is 2. The molecule has 28 heavy (non-hydrogen) atoms. The van der Waals surface area contributed by atoms with E-state index in [1.165, 1.54) is 4.90 Å². The van der Waals surface area contributed by atoms with E-state index >= 15 is 0 Å². The van der Waals surface area contributed by atoms with Crippen LogP contribution in [0, 0.1) is 5.92 Å². The highest BCUT2D eigenvalue weighted by Gasteiger charge is 2.51. The van der Waals surface area contributed by atoms with Gasteiger partial charge in [-0.1, -0.05) is 33.1 Å². The molecule has 3 aliphatic rings. The van der Waals surface area contributed by atoms with Crippen LogP contribution in [0.2, 0.25) is 0 Å². The molecule has 8 heteroatoms. The molecule has 2 aliphatic heterocycles. The number of carbonyl (C=O) groups excluding carboxylic acids is 4. The molecule has 1 spiro atoms. The molecular weight excluding hydrogens is 360 g/mol. The second kappa shape index (κ2) is 8.49. The largest absolute Gasteiger partial charge is 0.351 e. The Labute approximate surface area is 166 Å². The van der Waals surface area contributed by atoms with Crippen LogP contribution in [-0.2, 0) is 14.4 Å². The molecule has 0 aromatic carbocycles. The van der Waals surface area contributed by atoms with Gasteiger partial charge in [-0.3, -0.25) is 19.3 Å². The highest BCUT2D eigenvalue weighted by atomic mass is 16.2. The highest BCUT2D eigenvalue weighted by molar-refractivity contribution is 6.07. The van der Waals surface area contributed by atoms with E-state index in [-0.39, 0.29) is 48.7 Å². The molecule has 3 fully saturated rings. The molecule has 1 saturated carbocycles. The van der Waals surface area contributed by atoms with Crippen molar-refractivity contribution in [2.45, 2.75) is 76.8 Å². The highest BCUT2D eigenvalue weighted by Crippen LogP contribution is 2.33. The SMILES string of the molecule is CC(C)C(=O)NC1CCCN(C(=O)CCN2C(=O)NC3(CCCCC3)C2=O)C1. The molecule has 2 heterocycles. The third kappa shape index (κ3) is 4.31. The lowest BCUT2D eigenvalue weighted by atomic mass is 9.82. The number of amides is 5. The molecule has 2 N–H and O–H groups in total. The summed E-state index contributed by atoms with van der Waals surface area (Å²) in [5.74, 6) is -0.339. The third-order valence-electron chi connectivity index (χ3n) is 6.15. The monoisotopic (exact) mass is 392 g/mol. The molecular formula is C20H32N4O4. The van der Waals surface area contributed by atoms with Gasteiger partial charge in [-0.15, -0.1) is 0 Å². The maximum Gasteiger partial charge on any atom is 0.325 e. The minimum absolute atomic E-state index is 0.00332. The number of urea groups is 1. The number of carbonyl (C=O) groups is 4. The molecule has 156 valence electrons. The van der Waals surface area contributed by atoms with E-state index in [1.54, 1.807) is 4.90 Å². The average Bonchev–Trinajstić information content (AvgIpc) is 2.90. The van der Waals surface area contributed by atoms with E-state index in [2.05, 4.69) is 10.6 Å². The van der Waals surface area contributed by atoms with Crippen molar-refractivity contribution in [1.29, 1.82) is 0 Å². The summed E-state index contributed by atoms with van der Waals surface area (Å²) in [6, 6.07) is -0.407. The van der Waals surface area contributed by atoms with Crippen molar-refractivity contribution in [3.8, 4) is 0 Å². The fourth-order valence-electron chi connectivity index (χ4n) is 4.43. The van der Waals surface area contributed by atoms with Crippen LogP contribution in [0.4, 0.5) is 4.79 Å². The van der Waals surface area contributed by atoms with Crippen molar-refractivity contribution in [2.75, 3.05) is 19.6 Å². The topological polar surface area (TPSA) is 98.8 Å². The van der Waals surface area contributed by atoms with Crippen LogP contribution in [0.3, 0.4) is 0 Å². The van der Waals surface area contributed by atoms with Gasteiger partial charge in [0.25, 0.3) is 5.91 Å². The Morgan fingerprint density at radius 1 is 1.18 bits per heavy atom. The summed E-state index contributed by atoms with van der Waals surface area (Å²) in [5.41, 5.74) is -0.740. The van der Waals surface area contributed by atoms with Gasteiger partial charge in [-0.2, -0.15) is 0 Å². The van der Waals surface area contributed by atoms with Crippen LogP contribution >= 0.6 is 0 Å². The second-order valence-electron chi connectivity index (χ2n) is 8.62. The maximum atomic E-state index is 12.8. The molecule has 8 nitrogen and oxygen atoms in total. The summed E-state index contributed by atoms with van der Waals surface area (Å²) in [4.78, 5) is 52.6. The number of hydrogen-bond donors (Lipinski definition) is 2. The van der Waals surface area contributed by atoms with Gasteiger partial charge in [0.05, 0.1) is 0 Å². The van der Waals surface area contributed by atoms with Crippen molar-refractivity contribution < 1.29 is 19.2 Å². The van der Waals surface area contributed by atoms with Gasteiger partial charge in [0.1, 0.15) is 5.54 Å². The number of imide groups is 1. The molecule has 0 bridgehead atoms. The first-order valence-corrected chi connectivity index (χ1v) is 10.5. The van der Waals surface area contributed by atoms with E-state index in [4.69, 9.17) is 0 Å². The molecule has 1 atom stereocenters. The first kappa shape index (κ1) is 20.6. The first-order valence-electron chi connectivity index (χ1n) is 10.5. The molecule has 0 aromatic rings. The Morgan fingerprint density at radius 2 is 1.89 bits per heavy atom. The van der Waals surface area contributed by atoms with Crippen molar-refractivity contribution in [3.63, 3.8) is 0 Å². The lowest BCUT2D eigenvalue weighted by Crippen LogP contribution is -2.51. The standard InChI is InChI=1S/C20H32N4O4/c1-14(2)17(26)21-15-7-6-11-23(13-15)16(25)8-12-24-18(27)20(22-19(24)28)9-4-3-5-10-20/h14-15H,3-13H2,1-2H3,(H,21,26)(H,22,28). The molecule has 1 aliphatic carbocycles. The van der Waals surface area contributed by atoms with Crippen LogP contribution in [0.25, 0.3) is 0 Å². The molecule has 5 amide bonds. The predicted molar refractivity (Wildman–Crippen MR) is 103 cm³/mol. The van der Waals surface area contributed by atoms with Crippen LogP contribution in [0.5, 0.6) is 0 Å². The minimum atomic E-state index is -0.740. The Balaban J connectivity index is 1.51. The summed E-state index contributed by atoms with van der Waals surface area (Å²) >= 11 is 0. The van der Waals surface area contributed by atoms with Crippen molar-refractivity contribution >= 4 is 23.8 Å². The van der Waals surface area contributed by atoms with Gasteiger partial charge in [-0.05, 0) is 25.7 Å². The van der Waals surface area contributed by atoms with E-state index in [1.807, 2.05) is 13.8 Å². The fourth-order valence-corrected chi connectivity index (χ4v) is 4.43. The lowest BCUT2D eigenvalue weighted by Gasteiger charge is -2.34. The van der Waals surface area contributed by atoms with E-state index in [9.17, 15) is 19.2 Å². The van der Waals surface area contributed by atoms with Gasteiger partial charge in [0.15, 0.2) is 0 Å². The molecule has 2 saturated heterocycles. The number of likely N-dealkylation sites (tertiary alicyclic amines) is 1. The van der Waals surface area contributed by atoms with Crippen LogP contribution < -0.4 is 10.6 Å². The fraction of sp³-hybridized carbons (Fsp3) is 0.800. The lowest BCUT2D eigenvalue weighted by molar-refractivity contribution is -0.136. The van der Waals surface area contributed by atoms with E-state index in [0.29, 0.717) is 25.9 Å². The van der Waals surface area contributed by atoms with Gasteiger partial charge in [-0.25, -0.2) is 4.79 Å². The molecule has 0 aromatic heterocycles. The van der Waals surface area contributed by atoms with E-state index in [0.717, 1.165) is 32.1 Å². The van der Waals surface area contributed by atoms with Crippen molar-refractivity contribution in [3.05, 3.63) is 0 Å². The average molecular weight is 393 g/mol. The quantitative estimate of drug-likeness (QED) is 0.691. The summed E-state index contributed by atoms with van der Waals surface area (Å²) in [7, 11) is 0. The molecule has 0 radical (unpaired) electrons. The zero-order valence-corrected chi connectivity index (χ0v) is 17.0. The van der Waals surface area contributed by atoms with Crippen molar-refractivity contribution in [1.82, 2.24) is 20.4 Å². The summed E-state index contributed by atoms with van der Waals surface area (Å²) in [6.07, 6.45) is 6.16. The summed E-state index contributed by atoms with van der Waals surface area (Å²) in [6.45, 7) is 4.94. The van der Waals surface area contributed by atoms with Gasteiger partial charge >= 0.3 is 6.03 Å². The number of nitrogens with one attached hydrogen (secondary N) is 2. The zero-order valence-electron chi connectivity index (χ0n) is 17.0.